The van der Waals surface area contributed by atoms with Gasteiger partial charge in [0.15, 0.2) is 0 Å². The number of unbranched alkanes of at least 4 members (excludes halogenated alkanes) is 4. The summed E-state index contributed by atoms with van der Waals surface area (Å²) in [7, 11) is 0. The van der Waals surface area contributed by atoms with Crippen molar-refractivity contribution in [1.82, 2.24) is 28.6 Å². The van der Waals surface area contributed by atoms with E-state index in [9.17, 15) is 4.79 Å². The number of aryl methyl sites for hydroxylation is 1. The molecule has 1 saturated heterocycles. The highest BCUT2D eigenvalue weighted by atomic mass is 32.2. The van der Waals surface area contributed by atoms with Crippen LogP contribution < -0.4 is 5.32 Å². The fourth-order valence-electron chi connectivity index (χ4n) is 5.45. The molecular weight excluding hydrogens is 607 g/mol. The van der Waals surface area contributed by atoms with Crippen LogP contribution in [0.4, 0.5) is 10.5 Å². The van der Waals surface area contributed by atoms with Gasteiger partial charge in [0.1, 0.15) is 11.4 Å². The molecule has 0 aliphatic carbocycles. The Bertz CT molecular complexity index is 1270. The quantitative estimate of drug-likeness (QED) is 0.111. The molecule has 3 aromatic rings. The molecule has 4 rings (SSSR count). The number of thioether (sulfide) groups is 2. The van der Waals surface area contributed by atoms with Gasteiger partial charge in [0.25, 0.3) is 0 Å². The lowest BCUT2D eigenvalue weighted by molar-refractivity contribution is 0.127. The van der Waals surface area contributed by atoms with E-state index < -0.39 is 0 Å². The van der Waals surface area contributed by atoms with Gasteiger partial charge in [-0.2, -0.15) is 0 Å². The molecule has 0 atom stereocenters. The molecule has 2 amide bonds. The number of carbonyl (C=O) groups excluding carboxylic acids is 1. The Balaban J connectivity index is 1.29. The topological polar surface area (TPSA) is 69.5 Å². The monoisotopic (exact) mass is 657 g/mol. The van der Waals surface area contributed by atoms with Crippen molar-refractivity contribution in [1.29, 1.82) is 0 Å². The van der Waals surface area contributed by atoms with E-state index in [4.69, 9.17) is 4.98 Å². The van der Waals surface area contributed by atoms with Crippen LogP contribution in [0.25, 0.3) is 11.0 Å². The van der Waals surface area contributed by atoms with E-state index in [0.717, 1.165) is 103 Å². The van der Waals surface area contributed by atoms with Crippen LogP contribution in [0, 0.1) is 6.92 Å². The lowest BCUT2D eigenvalue weighted by atomic mass is 10.1. The van der Waals surface area contributed by atoms with Crippen molar-refractivity contribution in [3.8, 4) is 0 Å². The van der Waals surface area contributed by atoms with Gasteiger partial charge in [-0.1, -0.05) is 58.6 Å². The fraction of sp³-hybridized carbons (Fsp3) is 0.606. The number of benzene rings is 1. The van der Waals surface area contributed by atoms with Crippen LogP contribution in [-0.4, -0.2) is 104 Å². The Hall–Kier alpha value is -1.92. The molecule has 44 heavy (non-hydrogen) atoms. The number of para-hydroxylation sites is 2. The predicted molar refractivity (Wildman–Crippen MR) is 192 cm³/mol. The minimum Gasteiger partial charge on any atom is -0.323 e. The summed E-state index contributed by atoms with van der Waals surface area (Å²) in [5, 5.41) is 4.24. The average Bonchev–Trinajstić information content (AvgIpc) is 3.44. The second kappa shape index (κ2) is 18.9. The van der Waals surface area contributed by atoms with Crippen LogP contribution in [0.1, 0.15) is 58.6 Å². The fourth-order valence-corrected chi connectivity index (χ4v) is 8.11. The number of amides is 2. The number of urea groups is 1. The largest absolute Gasteiger partial charge is 0.323 e. The molecule has 0 unspecified atom stereocenters. The van der Waals surface area contributed by atoms with E-state index in [1.165, 1.54) is 31.2 Å². The van der Waals surface area contributed by atoms with Crippen LogP contribution in [0.3, 0.4) is 0 Å². The normalized spacial score (nSPS) is 14.4. The zero-order valence-corrected chi connectivity index (χ0v) is 29.5. The maximum absolute atomic E-state index is 13.8. The SMILES string of the molecule is CCCCCCCN(CCN1CCN(CCSn2cnc3ccccc32)CC1)C(=O)Nc1c(SCC)cc(C)nc1SCC. The number of nitrogens with one attached hydrogen (secondary N) is 1. The zero-order chi connectivity index (χ0) is 31.1. The minimum atomic E-state index is 0.00439. The summed E-state index contributed by atoms with van der Waals surface area (Å²) in [5.74, 6) is 2.91. The Labute approximate surface area is 277 Å². The number of aromatic nitrogens is 3. The maximum atomic E-state index is 13.8. The molecule has 1 aliphatic rings. The van der Waals surface area contributed by atoms with Gasteiger partial charge in [-0.3, -0.25) is 13.8 Å². The van der Waals surface area contributed by atoms with E-state index in [1.54, 1.807) is 23.5 Å². The predicted octanol–water partition coefficient (Wildman–Crippen LogP) is 7.58. The number of fused-ring (bicyclic) bond motifs is 1. The molecule has 1 aromatic carbocycles. The molecular formula is C33H51N7OS3. The van der Waals surface area contributed by atoms with E-state index in [-0.39, 0.29) is 6.03 Å². The van der Waals surface area contributed by atoms with E-state index in [0.29, 0.717) is 0 Å². The van der Waals surface area contributed by atoms with Crippen molar-refractivity contribution >= 4 is 58.2 Å². The standard InChI is InChI=1S/C33H51N7OS3/c1-5-8-9-10-13-16-39(33(41)36-31-30(42-6-2)25-27(4)35-32(31)43-7-3)22-21-37-17-19-38(20-18-37)23-24-44-40-26-34-28-14-11-12-15-29(28)40/h11-12,14-15,25-26H,5-10,13,16-24H2,1-4H3,(H,36,41). The summed E-state index contributed by atoms with van der Waals surface area (Å²) in [6, 6.07) is 10.4. The van der Waals surface area contributed by atoms with Crippen molar-refractivity contribution in [3.63, 3.8) is 0 Å². The van der Waals surface area contributed by atoms with E-state index in [2.05, 4.69) is 69.1 Å². The molecule has 3 heterocycles. The molecule has 11 heteroatoms. The average molecular weight is 658 g/mol. The first-order chi connectivity index (χ1) is 21.5. The van der Waals surface area contributed by atoms with Gasteiger partial charge in [-0.05, 0) is 55.0 Å². The van der Waals surface area contributed by atoms with Crippen molar-refractivity contribution in [3.05, 3.63) is 42.4 Å². The third-order valence-corrected chi connectivity index (χ3v) is 10.6. The Morgan fingerprint density at radius 1 is 0.932 bits per heavy atom. The molecule has 0 saturated carbocycles. The highest BCUT2D eigenvalue weighted by Crippen LogP contribution is 2.35. The summed E-state index contributed by atoms with van der Waals surface area (Å²) in [5.41, 5.74) is 4.11. The first-order valence-electron chi connectivity index (χ1n) is 16.4. The van der Waals surface area contributed by atoms with Crippen LogP contribution in [-0.2, 0) is 0 Å². The molecule has 1 N–H and O–H groups in total. The molecule has 0 bridgehead atoms. The second-order valence-corrected chi connectivity index (χ2v) is 14.8. The van der Waals surface area contributed by atoms with Crippen LogP contribution >= 0.6 is 35.5 Å². The number of nitrogens with zero attached hydrogens (tertiary/aromatic N) is 6. The first kappa shape index (κ1) is 34.9. The van der Waals surface area contributed by atoms with Crippen LogP contribution in [0.15, 0.2) is 46.6 Å². The minimum absolute atomic E-state index is 0.00439. The zero-order valence-electron chi connectivity index (χ0n) is 27.1. The van der Waals surface area contributed by atoms with Gasteiger partial charge >= 0.3 is 6.03 Å². The molecule has 1 fully saturated rings. The number of hydrogen-bond donors (Lipinski definition) is 1. The highest BCUT2D eigenvalue weighted by Gasteiger charge is 2.22. The molecule has 0 radical (unpaired) electrons. The highest BCUT2D eigenvalue weighted by molar-refractivity contribution is 8.00. The van der Waals surface area contributed by atoms with Crippen molar-refractivity contribution < 1.29 is 4.79 Å². The Morgan fingerprint density at radius 3 is 2.41 bits per heavy atom. The third-order valence-electron chi connectivity index (χ3n) is 7.92. The Kier molecular flexibility index (Phi) is 15.0. The molecule has 242 valence electrons. The number of hydrogen-bond acceptors (Lipinski definition) is 8. The van der Waals surface area contributed by atoms with Crippen LogP contribution in [0.5, 0.6) is 0 Å². The van der Waals surface area contributed by atoms with Gasteiger partial charge in [0.2, 0.25) is 0 Å². The number of imidazole rings is 1. The smallest absolute Gasteiger partial charge is 0.321 e. The molecule has 8 nitrogen and oxygen atoms in total. The van der Waals surface area contributed by atoms with Gasteiger partial charge in [0.05, 0.1) is 16.7 Å². The van der Waals surface area contributed by atoms with Crippen molar-refractivity contribution in [2.75, 3.05) is 74.9 Å². The van der Waals surface area contributed by atoms with Crippen LogP contribution in [0.2, 0.25) is 0 Å². The van der Waals surface area contributed by atoms with E-state index >= 15 is 0 Å². The van der Waals surface area contributed by atoms with Gasteiger partial charge < -0.3 is 10.2 Å². The first-order valence-corrected chi connectivity index (χ1v) is 19.3. The van der Waals surface area contributed by atoms with Gasteiger partial charge in [-0.15, -0.1) is 23.5 Å². The number of piperazine rings is 1. The number of carbonyl (C=O) groups is 1. The number of pyridine rings is 1. The van der Waals surface area contributed by atoms with Crippen molar-refractivity contribution in [2.45, 2.75) is 69.7 Å². The summed E-state index contributed by atoms with van der Waals surface area (Å²) >= 11 is 5.30. The number of anilines is 1. The Morgan fingerprint density at radius 2 is 1.66 bits per heavy atom. The third kappa shape index (κ3) is 10.6. The van der Waals surface area contributed by atoms with E-state index in [1.807, 2.05) is 36.2 Å². The molecule has 1 aliphatic heterocycles. The maximum Gasteiger partial charge on any atom is 0.321 e. The summed E-state index contributed by atoms with van der Waals surface area (Å²) in [6.07, 6.45) is 7.87. The van der Waals surface area contributed by atoms with Gasteiger partial charge in [0, 0.05) is 68.7 Å². The lowest BCUT2D eigenvalue weighted by Crippen LogP contribution is -2.49. The summed E-state index contributed by atoms with van der Waals surface area (Å²) < 4.78 is 2.19. The molecule has 2 aromatic heterocycles. The van der Waals surface area contributed by atoms with Gasteiger partial charge in [-0.25, -0.2) is 14.8 Å². The number of rotatable bonds is 18. The second-order valence-electron chi connectivity index (χ2n) is 11.2. The summed E-state index contributed by atoms with van der Waals surface area (Å²) in [4.78, 5) is 31.3. The molecule has 0 spiro atoms. The summed E-state index contributed by atoms with van der Waals surface area (Å²) in [6.45, 7) is 16.3. The van der Waals surface area contributed by atoms with Crippen molar-refractivity contribution in [2.24, 2.45) is 0 Å². The lowest BCUT2D eigenvalue weighted by Gasteiger charge is -2.36.